The minimum absolute atomic E-state index is 0.0898. The van der Waals surface area contributed by atoms with Crippen LogP contribution >= 0.6 is 0 Å². The van der Waals surface area contributed by atoms with Gasteiger partial charge in [-0.15, -0.1) is 0 Å². The van der Waals surface area contributed by atoms with Gasteiger partial charge in [0.2, 0.25) is 0 Å². The number of benzene rings is 1. The van der Waals surface area contributed by atoms with Crippen molar-refractivity contribution in [2.45, 2.75) is 64.0 Å². The summed E-state index contributed by atoms with van der Waals surface area (Å²) in [4.78, 5) is 26.5. The lowest BCUT2D eigenvalue weighted by atomic mass is 10.0. The summed E-state index contributed by atoms with van der Waals surface area (Å²) in [5.74, 6) is 0. The highest BCUT2D eigenvalue weighted by atomic mass is 16.6. The standard InChI is InChI=1S/C20H28N2O5/c1-20(2,3)27-19(24)22-12-15(17-16(22)10-7-11-25-17)21-18(23)26-13-14-8-5-4-6-9-14/h4-6,8-9,15-17H,7,10-13H2,1-3H3,(H,21,23)/t15-,16+,17+/m0/s1. The number of carbonyl (C=O) groups excluding carboxylic acids is 2. The number of carbonyl (C=O) groups is 2. The van der Waals surface area contributed by atoms with Gasteiger partial charge in [-0.25, -0.2) is 9.59 Å². The van der Waals surface area contributed by atoms with Crippen molar-refractivity contribution in [1.29, 1.82) is 0 Å². The van der Waals surface area contributed by atoms with E-state index in [1.165, 1.54) is 0 Å². The van der Waals surface area contributed by atoms with Crippen LogP contribution in [0.3, 0.4) is 0 Å². The van der Waals surface area contributed by atoms with E-state index in [0.29, 0.717) is 13.2 Å². The monoisotopic (exact) mass is 376 g/mol. The number of fused-ring (bicyclic) bond motifs is 1. The fourth-order valence-electron chi connectivity index (χ4n) is 3.53. The third kappa shape index (κ3) is 5.13. The lowest BCUT2D eigenvalue weighted by Gasteiger charge is -2.33. The summed E-state index contributed by atoms with van der Waals surface area (Å²) in [5.41, 5.74) is 0.351. The van der Waals surface area contributed by atoms with Gasteiger partial charge < -0.3 is 24.4 Å². The molecule has 0 saturated carbocycles. The lowest BCUT2D eigenvalue weighted by Crippen LogP contribution is -2.48. The van der Waals surface area contributed by atoms with Crippen LogP contribution in [0.4, 0.5) is 9.59 Å². The summed E-state index contributed by atoms with van der Waals surface area (Å²) in [6.07, 6.45) is 0.593. The van der Waals surface area contributed by atoms with Gasteiger partial charge in [0.1, 0.15) is 12.2 Å². The average Bonchev–Trinajstić information content (AvgIpc) is 2.98. The zero-order valence-corrected chi connectivity index (χ0v) is 16.1. The molecule has 0 bridgehead atoms. The number of amides is 2. The number of ether oxygens (including phenoxy) is 3. The molecule has 0 spiro atoms. The molecule has 1 N–H and O–H groups in total. The quantitative estimate of drug-likeness (QED) is 0.877. The molecule has 2 saturated heterocycles. The number of nitrogens with zero attached hydrogens (tertiary/aromatic N) is 1. The van der Waals surface area contributed by atoms with Gasteiger partial charge in [0, 0.05) is 13.2 Å². The van der Waals surface area contributed by atoms with Crippen molar-refractivity contribution in [2.24, 2.45) is 0 Å². The average molecular weight is 376 g/mol. The molecule has 3 atom stereocenters. The molecular weight excluding hydrogens is 348 g/mol. The van der Waals surface area contributed by atoms with Crippen molar-refractivity contribution < 1.29 is 23.8 Å². The molecule has 2 heterocycles. The highest BCUT2D eigenvalue weighted by Crippen LogP contribution is 2.30. The molecule has 7 nitrogen and oxygen atoms in total. The Bertz CT molecular complexity index is 658. The van der Waals surface area contributed by atoms with Crippen molar-refractivity contribution in [3.05, 3.63) is 35.9 Å². The second-order valence-electron chi connectivity index (χ2n) is 7.99. The smallest absolute Gasteiger partial charge is 0.410 e. The number of likely N-dealkylation sites (tertiary alicyclic amines) is 1. The van der Waals surface area contributed by atoms with E-state index in [1.54, 1.807) is 4.90 Å². The molecule has 0 aliphatic carbocycles. The summed E-state index contributed by atoms with van der Waals surface area (Å²) >= 11 is 0. The van der Waals surface area contributed by atoms with Gasteiger partial charge in [-0.05, 0) is 39.2 Å². The highest BCUT2D eigenvalue weighted by Gasteiger charge is 2.48. The molecule has 3 rings (SSSR count). The van der Waals surface area contributed by atoms with E-state index in [2.05, 4.69) is 5.32 Å². The second kappa shape index (κ2) is 8.17. The van der Waals surface area contributed by atoms with Crippen LogP contribution in [0.25, 0.3) is 0 Å². The van der Waals surface area contributed by atoms with Crippen molar-refractivity contribution in [2.75, 3.05) is 13.2 Å². The van der Waals surface area contributed by atoms with Gasteiger partial charge in [-0.1, -0.05) is 30.3 Å². The maximum Gasteiger partial charge on any atom is 0.410 e. The normalized spacial score (nSPS) is 24.9. The summed E-state index contributed by atoms with van der Waals surface area (Å²) in [7, 11) is 0. The summed E-state index contributed by atoms with van der Waals surface area (Å²) < 4.78 is 16.7. The van der Waals surface area contributed by atoms with Crippen LogP contribution in [-0.4, -0.2) is 54.0 Å². The minimum atomic E-state index is -0.567. The van der Waals surface area contributed by atoms with Crippen LogP contribution in [-0.2, 0) is 20.8 Å². The SMILES string of the molecule is CC(C)(C)OC(=O)N1C[C@H](NC(=O)OCc2ccccc2)[C@H]2OCCC[C@H]21. The first-order chi connectivity index (χ1) is 12.8. The predicted molar refractivity (Wildman–Crippen MR) is 99.3 cm³/mol. The molecule has 148 valence electrons. The van der Waals surface area contributed by atoms with Crippen LogP contribution in [0.2, 0.25) is 0 Å². The van der Waals surface area contributed by atoms with Crippen LogP contribution in [0.15, 0.2) is 30.3 Å². The Morgan fingerprint density at radius 3 is 2.70 bits per heavy atom. The minimum Gasteiger partial charge on any atom is -0.445 e. The third-order valence-corrected chi connectivity index (χ3v) is 4.67. The summed E-state index contributed by atoms with van der Waals surface area (Å²) in [5, 5.41) is 2.86. The van der Waals surface area contributed by atoms with E-state index in [4.69, 9.17) is 14.2 Å². The Morgan fingerprint density at radius 2 is 2.00 bits per heavy atom. The van der Waals surface area contributed by atoms with Crippen LogP contribution < -0.4 is 5.32 Å². The molecule has 0 aromatic heterocycles. The number of hydrogen-bond donors (Lipinski definition) is 1. The summed E-state index contributed by atoms with van der Waals surface area (Å²) in [6.45, 7) is 6.70. The Hall–Kier alpha value is -2.28. The molecule has 1 aromatic carbocycles. The Kier molecular flexibility index (Phi) is 5.89. The molecule has 2 fully saturated rings. The largest absolute Gasteiger partial charge is 0.445 e. The molecule has 2 amide bonds. The number of alkyl carbamates (subject to hydrolysis) is 1. The van der Waals surface area contributed by atoms with Gasteiger partial charge in [0.05, 0.1) is 18.2 Å². The predicted octanol–water partition coefficient (Wildman–Crippen LogP) is 3.08. The van der Waals surface area contributed by atoms with Gasteiger partial charge in [-0.2, -0.15) is 0 Å². The van der Waals surface area contributed by atoms with Gasteiger partial charge in [0.25, 0.3) is 0 Å². The third-order valence-electron chi connectivity index (χ3n) is 4.67. The first-order valence-corrected chi connectivity index (χ1v) is 9.42. The first kappa shape index (κ1) is 19.5. The topological polar surface area (TPSA) is 77.1 Å². The second-order valence-corrected chi connectivity index (χ2v) is 7.99. The fraction of sp³-hybridized carbons (Fsp3) is 0.600. The number of hydrogen-bond acceptors (Lipinski definition) is 5. The number of rotatable bonds is 3. The van der Waals surface area contributed by atoms with E-state index in [-0.39, 0.29) is 30.9 Å². The fourth-order valence-corrected chi connectivity index (χ4v) is 3.53. The van der Waals surface area contributed by atoms with Gasteiger partial charge in [0.15, 0.2) is 0 Å². The van der Waals surface area contributed by atoms with E-state index in [9.17, 15) is 9.59 Å². The molecule has 2 aliphatic heterocycles. The van der Waals surface area contributed by atoms with Crippen LogP contribution in [0.1, 0.15) is 39.2 Å². The van der Waals surface area contributed by atoms with Crippen molar-refractivity contribution in [3.8, 4) is 0 Å². The Labute approximate surface area is 160 Å². The molecular formula is C20H28N2O5. The van der Waals surface area contributed by atoms with E-state index in [1.807, 2.05) is 51.1 Å². The number of nitrogens with one attached hydrogen (secondary N) is 1. The molecule has 0 unspecified atom stereocenters. The maximum atomic E-state index is 12.6. The van der Waals surface area contributed by atoms with E-state index < -0.39 is 11.7 Å². The Morgan fingerprint density at radius 1 is 1.26 bits per heavy atom. The highest BCUT2D eigenvalue weighted by molar-refractivity contribution is 5.71. The summed E-state index contributed by atoms with van der Waals surface area (Å²) in [6, 6.07) is 9.09. The van der Waals surface area contributed by atoms with Crippen molar-refractivity contribution in [3.63, 3.8) is 0 Å². The molecule has 1 aromatic rings. The van der Waals surface area contributed by atoms with Crippen molar-refractivity contribution >= 4 is 12.2 Å². The maximum absolute atomic E-state index is 12.6. The van der Waals surface area contributed by atoms with Crippen LogP contribution in [0.5, 0.6) is 0 Å². The molecule has 2 aliphatic rings. The zero-order valence-electron chi connectivity index (χ0n) is 16.1. The first-order valence-electron chi connectivity index (χ1n) is 9.42. The van der Waals surface area contributed by atoms with Crippen molar-refractivity contribution in [1.82, 2.24) is 10.2 Å². The molecule has 0 radical (unpaired) electrons. The molecule has 27 heavy (non-hydrogen) atoms. The Balaban J connectivity index is 1.59. The van der Waals surface area contributed by atoms with E-state index in [0.717, 1.165) is 18.4 Å². The molecule has 7 heteroatoms. The van der Waals surface area contributed by atoms with Gasteiger partial charge in [-0.3, -0.25) is 0 Å². The lowest BCUT2D eigenvalue weighted by molar-refractivity contribution is -0.0290. The van der Waals surface area contributed by atoms with Crippen LogP contribution in [0, 0.1) is 0 Å². The van der Waals surface area contributed by atoms with E-state index >= 15 is 0 Å². The van der Waals surface area contributed by atoms with Gasteiger partial charge >= 0.3 is 12.2 Å². The zero-order chi connectivity index (χ0) is 19.4.